The minimum atomic E-state index is -0.582. The molecule has 5 rings (SSSR count). The number of thiazole rings is 1. The number of amides is 3. The van der Waals surface area contributed by atoms with E-state index in [2.05, 4.69) is 30.9 Å². The van der Waals surface area contributed by atoms with Crippen molar-refractivity contribution < 1.29 is 14.4 Å². The zero-order chi connectivity index (χ0) is 22.8. The highest BCUT2D eigenvalue weighted by molar-refractivity contribution is 8.01. The van der Waals surface area contributed by atoms with Crippen LogP contribution in [0, 0.1) is 0 Å². The Morgan fingerprint density at radius 1 is 1.03 bits per heavy atom. The monoisotopic (exact) mass is 479 g/mol. The van der Waals surface area contributed by atoms with Crippen LogP contribution in [0.15, 0.2) is 58.0 Å². The fraction of sp³-hybridized carbons (Fsp3) is 0.143. The van der Waals surface area contributed by atoms with E-state index in [4.69, 9.17) is 0 Å². The zero-order valence-corrected chi connectivity index (χ0v) is 18.7. The highest BCUT2D eigenvalue weighted by atomic mass is 32.2. The van der Waals surface area contributed by atoms with Gasteiger partial charge in [-0.15, -0.1) is 11.3 Å². The van der Waals surface area contributed by atoms with E-state index in [9.17, 15) is 14.4 Å². The molecule has 0 spiro atoms. The molecule has 2 aromatic heterocycles. The second-order valence-corrected chi connectivity index (χ2v) is 9.32. The lowest BCUT2D eigenvalue weighted by atomic mass is 10.1. The second kappa shape index (κ2) is 9.00. The molecule has 1 aliphatic rings. The van der Waals surface area contributed by atoms with Gasteiger partial charge in [0.25, 0.3) is 5.91 Å². The number of hydrogen-bond acceptors (Lipinski definition) is 8. The number of anilines is 1. The number of H-pyrrole nitrogens is 1. The van der Waals surface area contributed by atoms with Gasteiger partial charge in [-0.05, 0) is 24.3 Å². The van der Waals surface area contributed by atoms with Crippen LogP contribution >= 0.6 is 23.1 Å². The number of thioether (sulfide) groups is 1. The van der Waals surface area contributed by atoms with Crippen LogP contribution in [0.4, 0.5) is 5.95 Å². The normalized spacial score (nSPS) is 13.9. The van der Waals surface area contributed by atoms with E-state index in [1.807, 2.05) is 48.5 Å². The highest BCUT2D eigenvalue weighted by Gasteiger charge is 2.27. The number of hydrazone groups is 1. The van der Waals surface area contributed by atoms with Gasteiger partial charge >= 0.3 is 0 Å². The molecule has 3 N–H and O–H groups in total. The molecule has 166 valence electrons. The maximum atomic E-state index is 12.5. The van der Waals surface area contributed by atoms with E-state index in [0.29, 0.717) is 5.52 Å². The molecule has 33 heavy (non-hydrogen) atoms. The number of para-hydroxylation sites is 3. The minimum absolute atomic E-state index is 0.0934. The average Bonchev–Trinajstić information content (AvgIpc) is 3.45. The van der Waals surface area contributed by atoms with Crippen molar-refractivity contribution in [2.75, 3.05) is 10.8 Å². The molecule has 4 aromatic rings. The number of fused-ring (bicyclic) bond motifs is 2. The van der Waals surface area contributed by atoms with Crippen LogP contribution in [-0.2, 0) is 14.4 Å². The third-order valence-electron chi connectivity index (χ3n) is 4.79. The number of hydrogen-bond donors (Lipinski definition) is 3. The Morgan fingerprint density at radius 2 is 1.82 bits per heavy atom. The molecule has 0 saturated carbocycles. The third kappa shape index (κ3) is 4.56. The Kier molecular flexibility index (Phi) is 5.75. The fourth-order valence-corrected chi connectivity index (χ4v) is 5.07. The van der Waals surface area contributed by atoms with Crippen molar-refractivity contribution in [3.05, 3.63) is 48.5 Å². The predicted molar refractivity (Wildman–Crippen MR) is 127 cm³/mol. The molecule has 1 aliphatic heterocycles. The van der Waals surface area contributed by atoms with Crippen molar-refractivity contribution in [1.29, 1.82) is 0 Å². The van der Waals surface area contributed by atoms with Crippen LogP contribution in [0.25, 0.3) is 21.3 Å². The van der Waals surface area contributed by atoms with E-state index in [1.54, 1.807) is 0 Å². The Morgan fingerprint density at radius 3 is 2.64 bits per heavy atom. The Hall–Kier alpha value is -3.77. The minimum Gasteiger partial charge on any atom is -0.322 e. The van der Waals surface area contributed by atoms with Crippen molar-refractivity contribution in [3.63, 3.8) is 0 Å². The van der Waals surface area contributed by atoms with Gasteiger partial charge in [0.2, 0.25) is 17.8 Å². The molecule has 3 heterocycles. The van der Waals surface area contributed by atoms with Crippen LogP contribution in [0.2, 0.25) is 0 Å². The zero-order valence-electron chi connectivity index (χ0n) is 17.1. The van der Waals surface area contributed by atoms with Crippen molar-refractivity contribution in [1.82, 2.24) is 25.8 Å². The molecule has 0 fully saturated rings. The van der Waals surface area contributed by atoms with Crippen LogP contribution in [0.5, 0.6) is 0 Å². The van der Waals surface area contributed by atoms with Gasteiger partial charge < -0.3 is 4.98 Å². The number of nitrogens with one attached hydrogen (secondary N) is 3. The molecule has 0 atom stereocenters. The molecule has 0 bridgehead atoms. The quantitative estimate of drug-likeness (QED) is 0.298. The third-order valence-corrected chi connectivity index (χ3v) is 6.97. The number of aromatic nitrogens is 3. The van der Waals surface area contributed by atoms with Crippen molar-refractivity contribution in [2.45, 2.75) is 17.2 Å². The summed E-state index contributed by atoms with van der Waals surface area (Å²) in [6.45, 7) is 0. The summed E-state index contributed by atoms with van der Waals surface area (Å²) in [6.07, 6.45) is 0.266. The molecule has 3 amide bonds. The smallest absolute Gasteiger partial charge is 0.285 e. The van der Waals surface area contributed by atoms with Gasteiger partial charge in [-0.25, -0.2) is 9.97 Å². The standard InChI is InChI=1S/C21H17N7O3S2/c29-17(11-32-21-24-14-7-3-4-8-16(14)33-21)25-26-19(31)15-9-10-18(30)28(27-15)20-22-12-5-1-2-6-13(12)23-20/h1-8H,9-11H2,(H,22,23)(H,25,29)(H,26,31). The van der Waals surface area contributed by atoms with Gasteiger partial charge in [-0.3, -0.25) is 25.2 Å². The van der Waals surface area contributed by atoms with E-state index in [-0.39, 0.29) is 42.1 Å². The average molecular weight is 480 g/mol. The first-order chi connectivity index (χ1) is 16.1. The van der Waals surface area contributed by atoms with Crippen molar-refractivity contribution in [3.8, 4) is 0 Å². The number of carbonyl (C=O) groups excluding carboxylic acids is 3. The summed E-state index contributed by atoms with van der Waals surface area (Å²) < 4.78 is 1.82. The SMILES string of the molecule is O=C(CSc1nc2ccccc2s1)NNC(=O)C1=NN(c2nc3ccccc3[nH]2)C(=O)CC1. The number of hydrazine groups is 1. The van der Waals surface area contributed by atoms with Gasteiger partial charge in [0.15, 0.2) is 4.34 Å². The summed E-state index contributed by atoms with van der Waals surface area (Å²) in [7, 11) is 0. The summed E-state index contributed by atoms with van der Waals surface area (Å²) in [6, 6.07) is 15.1. The lowest BCUT2D eigenvalue weighted by molar-refractivity contribution is -0.124. The Labute approximate surface area is 195 Å². The Balaban J connectivity index is 1.19. The van der Waals surface area contributed by atoms with Crippen LogP contribution in [0.1, 0.15) is 12.8 Å². The first-order valence-corrected chi connectivity index (χ1v) is 11.8. The van der Waals surface area contributed by atoms with Gasteiger partial charge in [-0.1, -0.05) is 36.0 Å². The molecule has 10 nitrogen and oxygen atoms in total. The first-order valence-electron chi connectivity index (χ1n) is 9.99. The first kappa shape index (κ1) is 21.1. The molecule has 12 heteroatoms. The number of carbonyl (C=O) groups is 3. The number of imidazole rings is 1. The molecule has 0 radical (unpaired) electrons. The fourth-order valence-electron chi connectivity index (χ4n) is 3.20. The van der Waals surface area contributed by atoms with Gasteiger partial charge in [0.1, 0.15) is 5.71 Å². The second-order valence-electron chi connectivity index (χ2n) is 7.07. The number of rotatable bonds is 5. The van der Waals surface area contributed by atoms with E-state index in [1.165, 1.54) is 23.1 Å². The van der Waals surface area contributed by atoms with Crippen molar-refractivity contribution in [2.24, 2.45) is 5.10 Å². The summed E-state index contributed by atoms with van der Waals surface area (Å²) in [5.41, 5.74) is 7.19. The Bertz CT molecular complexity index is 1350. The lowest BCUT2D eigenvalue weighted by Gasteiger charge is -2.20. The largest absolute Gasteiger partial charge is 0.322 e. The molecule has 0 saturated heterocycles. The van der Waals surface area contributed by atoms with Gasteiger partial charge in [0, 0.05) is 12.8 Å². The summed E-state index contributed by atoms with van der Waals surface area (Å²) in [5, 5.41) is 5.24. The van der Waals surface area contributed by atoms with Crippen LogP contribution in [0.3, 0.4) is 0 Å². The van der Waals surface area contributed by atoms with E-state index in [0.717, 1.165) is 25.1 Å². The van der Waals surface area contributed by atoms with E-state index < -0.39 is 5.91 Å². The molecule has 0 unspecified atom stereocenters. The summed E-state index contributed by atoms with van der Waals surface area (Å²) in [4.78, 5) is 48.9. The van der Waals surface area contributed by atoms with Crippen LogP contribution < -0.4 is 15.9 Å². The highest BCUT2D eigenvalue weighted by Crippen LogP contribution is 2.29. The summed E-state index contributed by atoms with van der Waals surface area (Å²) >= 11 is 2.80. The maximum Gasteiger partial charge on any atom is 0.285 e. The van der Waals surface area contributed by atoms with Gasteiger partial charge in [-0.2, -0.15) is 10.1 Å². The topological polar surface area (TPSA) is 132 Å². The van der Waals surface area contributed by atoms with Crippen molar-refractivity contribution >= 4 is 73.7 Å². The molecular weight excluding hydrogens is 462 g/mol. The molecular formula is C21H17N7O3S2. The van der Waals surface area contributed by atoms with Gasteiger partial charge in [0.05, 0.1) is 27.0 Å². The predicted octanol–water partition coefficient (Wildman–Crippen LogP) is 2.60. The lowest BCUT2D eigenvalue weighted by Crippen LogP contribution is -2.47. The number of nitrogens with zero attached hydrogens (tertiary/aromatic N) is 4. The number of benzene rings is 2. The molecule has 2 aromatic carbocycles. The van der Waals surface area contributed by atoms with Crippen LogP contribution in [-0.4, -0.2) is 44.1 Å². The number of aromatic amines is 1. The van der Waals surface area contributed by atoms with E-state index >= 15 is 0 Å². The summed E-state index contributed by atoms with van der Waals surface area (Å²) in [5.74, 6) is -0.906. The molecule has 0 aliphatic carbocycles. The maximum absolute atomic E-state index is 12.5.